The fourth-order valence-electron chi connectivity index (χ4n) is 4.45. The molecule has 0 bridgehead atoms. The number of hydrogen-bond donors (Lipinski definition) is 3. The Morgan fingerprint density at radius 2 is 1.95 bits per heavy atom. The molecule has 1 aliphatic rings. The van der Waals surface area contributed by atoms with E-state index in [1.165, 1.54) is 24.3 Å². The monoisotopic (exact) mass is 618 g/mol. The SMILES string of the molecule is C=C(/N=C(/N)C(=C(N)N)N(CC1C=CC(OC(F)(F)F)=CC1)C(=O)OC)n1nc(Cc2ccccc2F)c2ncc(F)cc21. The fourth-order valence-corrected chi connectivity index (χ4v) is 4.45. The van der Waals surface area contributed by atoms with Gasteiger partial charge in [0.15, 0.2) is 5.84 Å². The van der Waals surface area contributed by atoms with Crippen molar-refractivity contribution in [2.45, 2.75) is 19.2 Å². The van der Waals surface area contributed by atoms with Crippen molar-refractivity contribution in [1.29, 1.82) is 0 Å². The van der Waals surface area contributed by atoms with Crippen LogP contribution in [0.15, 0.2) is 83.6 Å². The predicted octanol–water partition coefficient (Wildman–Crippen LogP) is 4.24. The van der Waals surface area contributed by atoms with Crippen LogP contribution in [0, 0.1) is 17.6 Å². The molecule has 2 aromatic heterocycles. The van der Waals surface area contributed by atoms with E-state index in [1.807, 2.05) is 0 Å². The van der Waals surface area contributed by atoms with Gasteiger partial charge in [-0.25, -0.2) is 28.2 Å². The van der Waals surface area contributed by atoms with E-state index in [0.29, 0.717) is 5.56 Å². The van der Waals surface area contributed by atoms with Gasteiger partial charge >= 0.3 is 12.5 Å². The molecule has 0 radical (unpaired) electrons. The Morgan fingerprint density at radius 3 is 2.57 bits per heavy atom. The first kappa shape index (κ1) is 31.5. The van der Waals surface area contributed by atoms with Gasteiger partial charge in [-0.2, -0.15) is 5.10 Å². The molecule has 4 rings (SSSR count). The van der Waals surface area contributed by atoms with E-state index in [1.54, 1.807) is 12.1 Å². The number of ether oxygens (including phenoxy) is 2. The minimum Gasteiger partial charge on any atom is -0.452 e. The van der Waals surface area contributed by atoms with E-state index in [2.05, 4.69) is 26.4 Å². The average molecular weight is 619 g/mol. The number of carbonyl (C=O) groups excluding carboxylic acids is 1. The number of rotatable bonds is 9. The summed E-state index contributed by atoms with van der Waals surface area (Å²) in [5.41, 5.74) is 18.7. The first-order valence-corrected chi connectivity index (χ1v) is 12.8. The van der Waals surface area contributed by atoms with Gasteiger partial charge in [0.25, 0.3) is 0 Å². The molecule has 1 amide bonds. The summed E-state index contributed by atoms with van der Waals surface area (Å²) in [5, 5.41) is 4.41. The highest BCUT2D eigenvalue weighted by molar-refractivity contribution is 6.02. The van der Waals surface area contributed by atoms with Crippen molar-refractivity contribution >= 4 is 28.8 Å². The zero-order valence-corrected chi connectivity index (χ0v) is 23.2. The second-order valence-electron chi connectivity index (χ2n) is 9.46. The number of hydrogen-bond acceptors (Lipinski definition) is 8. The number of fused-ring (bicyclic) bond motifs is 1. The molecule has 1 aliphatic carbocycles. The van der Waals surface area contributed by atoms with Crippen molar-refractivity contribution in [2.75, 3.05) is 13.7 Å². The molecule has 1 aromatic carbocycles. The lowest BCUT2D eigenvalue weighted by Crippen LogP contribution is -2.42. The maximum absolute atomic E-state index is 14.4. The molecular formula is C28H27F5N8O3. The second kappa shape index (κ2) is 12.8. The van der Waals surface area contributed by atoms with Gasteiger partial charge in [0.1, 0.15) is 40.2 Å². The van der Waals surface area contributed by atoms with Gasteiger partial charge in [-0.3, -0.25) is 4.90 Å². The van der Waals surface area contributed by atoms with Gasteiger partial charge in [0, 0.05) is 19.0 Å². The van der Waals surface area contributed by atoms with Crippen molar-refractivity contribution in [3.63, 3.8) is 0 Å². The molecule has 11 nitrogen and oxygen atoms in total. The number of benzene rings is 1. The summed E-state index contributed by atoms with van der Waals surface area (Å²) in [7, 11) is 1.09. The molecule has 0 saturated heterocycles. The first-order valence-electron chi connectivity index (χ1n) is 12.8. The topological polar surface area (TPSA) is 160 Å². The zero-order valence-electron chi connectivity index (χ0n) is 23.2. The Hall–Kier alpha value is -5.41. The standard InChI is InChI=1S/C28H27F5N8O3/c1-15(41-22-12-18(29)13-37-23(22)21(39-41)11-17-5-3-4-6-20(17)30)38-26(36)24(25(34)35)40(27(42)43-2)14-16-7-9-19(10-8-16)44-28(31,32)33/h3-7,9-10,12-13,16H,1,8,11,14,34-35H2,2H3,(H2,36,38). The number of amidine groups is 1. The van der Waals surface area contributed by atoms with Crippen molar-refractivity contribution in [1.82, 2.24) is 19.7 Å². The maximum Gasteiger partial charge on any atom is 0.573 e. The molecule has 16 heteroatoms. The van der Waals surface area contributed by atoms with Crippen LogP contribution in [0.25, 0.3) is 16.9 Å². The van der Waals surface area contributed by atoms with E-state index >= 15 is 0 Å². The Labute approximate surface area is 247 Å². The van der Waals surface area contributed by atoms with Crippen LogP contribution in [0.5, 0.6) is 0 Å². The highest BCUT2D eigenvalue weighted by atomic mass is 19.4. The molecule has 6 N–H and O–H groups in total. The van der Waals surface area contributed by atoms with Crippen LogP contribution < -0.4 is 17.2 Å². The predicted molar refractivity (Wildman–Crippen MR) is 151 cm³/mol. The number of allylic oxidation sites excluding steroid dienone is 2. The number of aromatic nitrogens is 3. The van der Waals surface area contributed by atoms with E-state index < -0.39 is 47.4 Å². The van der Waals surface area contributed by atoms with Crippen molar-refractivity contribution in [3.05, 3.63) is 102 Å². The summed E-state index contributed by atoms with van der Waals surface area (Å²) in [4.78, 5) is 22.0. The summed E-state index contributed by atoms with van der Waals surface area (Å²) in [6, 6.07) is 7.18. The van der Waals surface area contributed by atoms with E-state index in [9.17, 15) is 26.7 Å². The highest BCUT2D eigenvalue weighted by Gasteiger charge is 2.33. The van der Waals surface area contributed by atoms with Crippen LogP contribution in [0.4, 0.5) is 26.7 Å². The first-order chi connectivity index (χ1) is 20.8. The highest BCUT2D eigenvalue weighted by Crippen LogP contribution is 2.27. The number of nitrogens with zero attached hydrogens (tertiary/aromatic N) is 5. The number of methoxy groups -OCH3 is 1. The van der Waals surface area contributed by atoms with Gasteiger partial charge in [-0.15, -0.1) is 13.2 Å². The summed E-state index contributed by atoms with van der Waals surface area (Å²) in [6.45, 7) is 3.67. The zero-order chi connectivity index (χ0) is 32.2. The van der Waals surface area contributed by atoms with E-state index in [-0.39, 0.29) is 47.6 Å². The summed E-state index contributed by atoms with van der Waals surface area (Å²) >= 11 is 0. The van der Waals surface area contributed by atoms with Gasteiger partial charge in [-0.05, 0) is 36.1 Å². The van der Waals surface area contributed by atoms with Gasteiger partial charge in [0.2, 0.25) is 0 Å². The average Bonchev–Trinajstić information content (AvgIpc) is 3.30. The largest absolute Gasteiger partial charge is 0.573 e. The van der Waals surface area contributed by atoms with Crippen LogP contribution in [-0.2, 0) is 15.9 Å². The third kappa shape index (κ3) is 7.32. The van der Waals surface area contributed by atoms with Crippen LogP contribution in [0.3, 0.4) is 0 Å². The number of amides is 1. The Morgan fingerprint density at radius 1 is 1.23 bits per heavy atom. The van der Waals surface area contributed by atoms with Crippen LogP contribution in [-0.4, -0.2) is 51.6 Å². The molecule has 0 spiro atoms. The smallest absolute Gasteiger partial charge is 0.452 e. The second-order valence-corrected chi connectivity index (χ2v) is 9.46. The van der Waals surface area contributed by atoms with Gasteiger partial charge in [-0.1, -0.05) is 30.9 Å². The lowest BCUT2D eigenvalue weighted by molar-refractivity contribution is -0.303. The number of alkyl halides is 3. The fraction of sp³-hybridized carbons (Fsp3) is 0.214. The maximum atomic E-state index is 14.4. The number of aliphatic imine (C=N–C) groups is 1. The van der Waals surface area contributed by atoms with Gasteiger partial charge in [0.05, 0.1) is 24.5 Å². The third-order valence-electron chi connectivity index (χ3n) is 6.35. The van der Waals surface area contributed by atoms with E-state index in [4.69, 9.17) is 21.9 Å². The number of pyridine rings is 1. The molecule has 3 aromatic rings. The quantitative estimate of drug-likeness (QED) is 0.182. The van der Waals surface area contributed by atoms with Crippen LogP contribution >= 0.6 is 0 Å². The van der Waals surface area contributed by atoms with Crippen molar-refractivity contribution < 1.29 is 36.2 Å². The molecule has 2 heterocycles. The summed E-state index contributed by atoms with van der Waals surface area (Å²) in [6.07, 6.45) is -1.04. The van der Waals surface area contributed by atoms with Crippen molar-refractivity contribution in [2.24, 2.45) is 28.1 Å². The number of carbonyl (C=O) groups is 1. The molecule has 0 saturated carbocycles. The minimum absolute atomic E-state index is 0.0113. The Balaban J connectivity index is 1.65. The molecule has 232 valence electrons. The van der Waals surface area contributed by atoms with E-state index in [0.717, 1.165) is 35.0 Å². The molecule has 1 atom stereocenters. The summed E-state index contributed by atoms with van der Waals surface area (Å²) < 4.78 is 76.1. The minimum atomic E-state index is -4.86. The Bertz CT molecular complexity index is 1710. The normalized spacial score (nSPS) is 15.1. The molecule has 44 heavy (non-hydrogen) atoms. The van der Waals surface area contributed by atoms with Gasteiger partial charge < -0.3 is 26.7 Å². The molecule has 0 aliphatic heterocycles. The number of nitrogens with two attached hydrogens (primary N) is 3. The Kier molecular flexibility index (Phi) is 9.20. The van der Waals surface area contributed by atoms with Crippen LogP contribution in [0.1, 0.15) is 17.7 Å². The third-order valence-corrected chi connectivity index (χ3v) is 6.35. The lowest BCUT2D eigenvalue weighted by atomic mass is 9.99. The molecule has 0 fully saturated rings. The molecule has 1 unspecified atom stereocenters. The number of halogens is 5. The summed E-state index contributed by atoms with van der Waals surface area (Å²) in [5.74, 6) is -3.12. The lowest BCUT2D eigenvalue weighted by Gasteiger charge is -2.28. The van der Waals surface area contributed by atoms with Crippen LogP contribution in [0.2, 0.25) is 0 Å². The molecular weight excluding hydrogens is 591 g/mol. The van der Waals surface area contributed by atoms with Crippen molar-refractivity contribution in [3.8, 4) is 0 Å².